The number of aromatic nitrogens is 1. The highest BCUT2D eigenvalue weighted by atomic mass is 16.6. The summed E-state index contributed by atoms with van der Waals surface area (Å²) in [6.07, 6.45) is 0. The summed E-state index contributed by atoms with van der Waals surface area (Å²) in [5, 5.41) is 0. The summed E-state index contributed by atoms with van der Waals surface area (Å²) in [4.78, 5) is 14.3. The van der Waals surface area contributed by atoms with Crippen LogP contribution in [0.2, 0.25) is 0 Å². The molecule has 5 heteroatoms. The van der Waals surface area contributed by atoms with Crippen LogP contribution >= 0.6 is 0 Å². The molecule has 0 N–H and O–H groups in total. The maximum Gasteiger partial charge on any atom is 0.299 e. The maximum absolute atomic E-state index is 10.3. The second-order valence-corrected chi connectivity index (χ2v) is 3.75. The zero-order chi connectivity index (χ0) is 11.5. The van der Waals surface area contributed by atoms with Gasteiger partial charge < -0.3 is 14.2 Å². The van der Waals surface area contributed by atoms with Crippen molar-refractivity contribution in [1.29, 1.82) is 0 Å². The van der Waals surface area contributed by atoms with Crippen molar-refractivity contribution < 1.29 is 19.0 Å². The summed E-state index contributed by atoms with van der Waals surface area (Å²) < 4.78 is 15.6. The lowest BCUT2D eigenvalue weighted by Gasteiger charge is -2.21. The lowest BCUT2D eigenvalue weighted by Crippen LogP contribution is -2.18. The standard InChI is InChI=1S/C11H13NO4/c1-7(2)8-5-9(16-6-13)12-11-10(8)14-3-4-15-11/h5-7H,3-4H2,1-2H3. The Bertz CT molecular complexity index is 403. The zero-order valence-electron chi connectivity index (χ0n) is 9.23. The third-order valence-corrected chi connectivity index (χ3v) is 2.31. The number of hydrogen-bond acceptors (Lipinski definition) is 5. The van der Waals surface area contributed by atoms with Crippen LogP contribution in [0.25, 0.3) is 0 Å². The van der Waals surface area contributed by atoms with Gasteiger partial charge in [-0.1, -0.05) is 13.8 Å². The molecule has 0 bridgehead atoms. The number of hydrogen-bond donors (Lipinski definition) is 0. The fourth-order valence-electron chi connectivity index (χ4n) is 1.57. The molecule has 1 aliphatic rings. The summed E-state index contributed by atoms with van der Waals surface area (Å²) in [6, 6.07) is 1.70. The molecule has 0 fully saturated rings. The van der Waals surface area contributed by atoms with E-state index in [-0.39, 0.29) is 11.8 Å². The summed E-state index contributed by atoms with van der Waals surface area (Å²) >= 11 is 0. The van der Waals surface area contributed by atoms with Gasteiger partial charge in [0.05, 0.1) is 0 Å². The van der Waals surface area contributed by atoms with Crippen molar-refractivity contribution in [3.63, 3.8) is 0 Å². The average Bonchev–Trinajstić information content (AvgIpc) is 2.28. The number of carbonyl (C=O) groups excluding carboxylic acids is 1. The van der Waals surface area contributed by atoms with Gasteiger partial charge in [0.1, 0.15) is 13.2 Å². The highest BCUT2D eigenvalue weighted by Crippen LogP contribution is 2.38. The highest BCUT2D eigenvalue weighted by molar-refractivity contribution is 5.50. The SMILES string of the molecule is CC(C)c1cc(OC=O)nc2c1OCCO2. The first kappa shape index (κ1) is 10.7. The molecule has 1 aromatic heterocycles. The quantitative estimate of drug-likeness (QED) is 0.727. The lowest BCUT2D eigenvalue weighted by molar-refractivity contribution is -0.120. The smallest absolute Gasteiger partial charge is 0.299 e. The van der Waals surface area contributed by atoms with E-state index in [0.29, 0.717) is 31.3 Å². The summed E-state index contributed by atoms with van der Waals surface area (Å²) in [5.41, 5.74) is 0.932. The minimum atomic E-state index is 0.239. The van der Waals surface area contributed by atoms with E-state index in [2.05, 4.69) is 4.98 Å². The number of fused-ring (bicyclic) bond motifs is 1. The molecule has 86 valence electrons. The molecule has 1 aromatic rings. The molecule has 0 unspecified atom stereocenters. The number of pyridine rings is 1. The Hall–Kier alpha value is -1.78. The van der Waals surface area contributed by atoms with Crippen molar-refractivity contribution in [2.45, 2.75) is 19.8 Å². The molecule has 0 aliphatic carbocycles. The summed E-state index contributed by atoms with van der Waals surface area (Å²) in [6.45, 7) is 5.38. The van der Waals surface area contributed by atoms with Crippen molar-refractivity contribution in [2.24, 2.45) is 0 Å². The third-order valence-electron chi connectivity index (χ3n) is 2.31. The number of rotatable bonds is 3. The molecule has 16 heavy (non-hydrogen) atoms. The third kappa shape index (κ3) is 1.93. The first-order valence-electron chi connectivity index (χ1n) is 5.13. The number of ether oxygens (including phenoxy) is 3. The van der Waals surface area contributed by atoms with E-state index in [0.717, 1.165) is 5.56 Å². The molecule has 0 radical (unpaired) electrons. The van der Waals surface area contributed by atoms with E-state index < -0.39 is 0 Å². The molecule has 0 saturated carbocycles. The van der Waals surface area contributed by atoms with E-state index in [9.17, 15) is 4.79 Å². The Morgan fingerprint density at radius 2 is 2.19 bits per heavy atom. The van der Waals surface area contributed by atoms with E-state index in [1.807, 2.05) is 13.8 Å². The van der Waals surface area contributed by atoms with Crippen molar-refractivity contribution in [2.75, 3.05) is 13.2 Å². The topological polar surface area (TPSA) is 57.7 Å². The van der Waals surface area contributed by atoms with E-state index in [1.54, 1.807) is 6.07 Å². The van der Waals surface area contributed by atoms with E-state index >= 15 is 0 Å². The predicted octanol–water partition coefficient (Wildman–Crippen LogP) is 1.51. The molecule has 0 spiro atoms. The van der Waals surface area contributed by atoms with Gasteiger partial charge in [0.2, 0.25) is 5.88 Å². The monoisotopic (exact) mass is 223 g/mol. The minimum absolute atomic E-state index is 0.239. The Kier molecular flexibility index (Phi) is 2.94. The Morgan fingerprint density at radius 1 is 1.44 bits per heavy atom. The normalized spacial score (nSPS) is 13.7. The number of carbonyl (C=O) groups is 1. The van der Waals surface area contributed by atoms with Crippen molar-refractivity contribution >= 4 is 6.47 Å². The molecular weight excluding hydrogens is 210 g/mol. The van der Waals surface area contributed by atoms with Gasteiger partial charge in [-0.3, -0.25) is 4.79 Å². The van der Waals surface area contributed by atoms with Crippen molar-refractivity contribution in [1.82, 2.24) is 4.98 Å². The minimum Gasteiger partial charge on any atom is -0.484 e. The van der Waals surface area contributed by atoms with Crippen LogP contribution in [0.15, 0.2) is 6.07 Å². The van der Waals surface area contributed by atoms with Crippen LogP contribution in [-0.4, -0.2) is 24.7 Å². The van der Waals surface area contributed by atoms with Crippen LogP contribution in [0.5, 0.6) is 17.5 Å². The van der Waals surface area contributed by atoms with Crippen LogP contribution in [0, 0.1) is 0 Å². The highest BCUT2D eigenvalue weighted by Gasteiger charge is 2.21. The van der Waals surface area contributed by atoms with Crippen LogP contribution in [0.1, 0.15) is 25.3 Å². The Balaban J connectivity index is 2.47. The molecule has 0 aromatic carbocycles. The van der Waals surface area contributed by atoms with Gasteiger partial charge in [0.25, 0.3) is 12.4 Å². The van der Waals surface area contributed by atoms with E-state index in [4.69, 9.17) is 14.2 Å². The molecule has 5 nitrogen and oxygen atoms in total. The van der Waals surface area contributed by atoms with Crippen LogP contribution in [0.3, 0.4) is 0 Å². The van der Waals surface area contributed by atoms with Crippen molar-refractivity contribution in [3.05, 3.63) is 11.6 Å². The van der Waals surface area contributed by atoms with Crippen molar-refractivity contribution in [3.8, 4) is 17.5 Å². The second-order valence-electron chi connectivity index (χ2n) is 3.75. The van der Waals surface area contributed by atoms with E-state index in [1.165, 1.54) is 0 Å². The maximum atomic E-state index is 10.3. The van der Waals surface area contributed by atoms with Gasteiger partial charge in [-0.05, 0) is 5.92 Å². The molecule has 0 saturated heterocycles. The zero-order valence-corrected chi connectivity index (χ0v) is 9.23. The van der Waals surface area contributed by atoms with Crippen LogP contribution in [-0.2, 0) is 4.79 Å². The first-order valence-corrected chi connectivity index (χ1v) is 5.13. The summed E-state index contributed by atoms with van der Waals surface area (Å²) in [7, 11) is 0. The fourth-order valence-corrected chi connectivity index (χ4v) is 1.57. The summed E-state index contributed by atoms with van der Waals surface area (Å²) in [5.74, 6) is 1.53. The average molecular weight is 223 g/mol. The molecule has 0 atom stereocenters. The second kappa shape index (κ2) is 4.38. The lowest BCUT2D eigenvalue weighted by atomic mass is 10.0. The molecule has 2 rings (SSSR count). The Labute approximate surface area is 93.3 Å². The van der Waals surface area contributed by atoms with Gasteiger partial charge in [-0.15, -0.1) is 0 Å². The van der Waals surface area contributed by atoms with Crippen LogP contribution < -0.4 is 14.2 Å². The molecule has 1 aliphatic heterocycles. The van der Waals surface area contributed by atoms with Gasteiger partial charge in [-0.25, -0.2) is 0 Å². The largest absolute Gasteiger partial charge is 0.484 e. The Morgan fingerprint density at radius 3 is 2.88 bits per heavy atom. The van der Waals surface area contributed by atoms with Gasteiger partial charge >= 0.3 is 0 Å². The predicted molar refractivity (Wildman–Crippen MR) is 56.0 cm³/mol. The number of nitrogens with zero attached hydrogens (tertiary/aromatic N) is 1. The molecule has 2 heterocycles. The van der Waals surface area contributed by atoms with Gasteiger partial charge in [0, 0.05) is 11.6 Å². The van der Waals surface area contributed by atoms with Crippen LogP contribution in [0.4, 0.5) is 0 Å². The fraction of sp³-hybridized carbons (Fsp3) is 0.455. The first-order chi connectivity index (χ1) is 7.72. The van der Waals surface area contributed by atoms with Gasteiger partial charge in [-0.2, -0.15) is 4.98 Å². The molecular formula is C11H13NO4. The van der Waals surface area contributed by atoms with Gasteiger partial charge in [0.15, 0.2) is 5.75 Å². The molecule has 0 amide bonds.